The van der Waals surface area contributed by atoms with Gasteiger partial charge in [0.25, 0.3) is 0 Å². The van der Waals surface area contributed by atoms with E-state index in [0.717, 1.165) is 6.07 Å². The Kier molecular flexibility index (Phi) is 7.74. The van der Waals surface area contributed by atoms with E-state index in [4.69, 9.17) is 4.74 Å². The van der Waals surface area contributed by atoms with Gasteiger partial charge in [-0.2, -0.15) is 13.2 Å². The van der Waals surface area contributed by atoms with E-state index in [1.165, 1.54) is 6.07 Å². The van der Waals surface area contributed by atoms with Gasteiger partial charge in [0, 0.05) is 24.7 Å². The van der Waals surface area contributed by atoms with Crippen LogP contribution in [-0.4, -0.2) is 45.8 Å². The Labute approximate surface area is 220 Å². The van der Waals surface area contributed by atoms with Gasteiger partial charge in [-0.05, 0) is 56.4 Å². The quantitative estimate of drug-likeness (QED) is 0.333. The van der Waals surface area contributed by atoms with Gasteiger partial charge < -0.3 is 14.9 Å². The molecule has 0 bridgehead atoms. The predicted molar refractivity (Wildman–Crippen MR) is 138 cm³/mol. The van der Waals surface area contributed by atoms with Gasteiger partial charge in [0.2, 0.25) is 0 Å². The average molecular weight is 528 g/mol. The van der Waals surface area contributed by atoms with Gasteiger partial charge in [0.15, 0.2) is 0 Å². The number of carbonyl (C=O) groups is 1. The third-order valence-corrected chi connectivity index (χ3v) is 7.53. The lowest BCUT2D eigenvalue weighted by atomic mass is 9.69. The van der Waals surface area contributed by atoms with Crippen LogP contribution in [0.5, 0.6) is 11.5 Å². The van der Waals surface area contributed by atoms with E-state index in [2.05, 4.69) is 4.90 Å². The van der Waals surface area contributed by atoms with E-state index in [-0.39, 0.29) is 11.9 Å². The fraction of sp³-hybridized carbons (Fsp3) is 0.367. The van der Waals surface area contributed by atoms with Crippen LogP contribution in [0.25, 0.3) is 0 Å². The Balaban J connectivity index is 1.51. The summed E-state index contributed by atoms with van der Waals surface area (Å²) in [5, 5.41) is 20.3. The molecule has 4 rings (SSSR count). The second kappa shape index (κ2) is 10.7. The summed E-state index contributed by atoms with van der Waals surface area (Å²) in [5.74, 6) is -1.45. The van der Waals surface area contributed by atoms with Crippen LogP contribution in [0.4, 0.5) is 13.2 Å². The number of halogens is 3. The van der Waals surface area contributed by atoms with Crippen molar-refractivity contribution in [3.05, 3.63) is 95.6 Å². The molecule has 3 aromatic carbocycles. The number of hydrogen-bond donors (Lipinski definition) is 2. The Morgan fingerprint density at radius 2 is 1.50 bits per heavy atom. The minimum Gasteiger partial charge on any atom is -0.508 e. The van der Waals surface area contributed by atoms with E-state index in [9.17, 15) is 28.2 Å². The number of benzene rings is 3. The van der Waals surface area contributed by atoms with Gasteiger partial charge in [0.1, 0.15) is 23.0 Å². The third kappa shape index (κ3) is 5.80. The van der Waals surface area contributed by atoms with Crippen molar-refractivity contribution in [3.8, 4) is 11.5 Å². The summed E-state index contributed by atoms with van der Waals surface area (Å²) < 4.78 is 45.3. The maximum absolute atomic E-state index is 13.1. The van der Waals surface area contributed by atoms with Crippen molar-refractivity contribution in [1.29, 1.82) is 0 Å². The summed E-state index contributed by atoms with van der Waals surface area (Å²) in [4.78, 5) is 15.1. The SMILES string of the molecule is CC(C)(CCC(C(=O)O)(c1ccccc1)c1ccccc1)N1CC[C@@H](Oc2cc(O)cc(C(F)(F)F)c2)C1. The van der Waals surface area contributed by atoms with Gasteiger partial charge in [-0.15, -0.1) is 0 Å². The van der Waals surface area contributed by atoms with Crippen molar-refractivity contribution in [1.82, 2.24) is 4.90 Å². The highest BCUT2D eigenvalue weighted by atomic mass is 19.4. The minimum absolute atomic E-state index is 0.0277. The first-order valence-electron chi connectivity index (χ1n) is 12.6. The molecule has 1 fully saturated rings. The number of aromatic hydroxyl groups is 1. The minimum atomic E-state index is -4.59. The van der Waals surface area contributed by atoms with Crippen LogP contribution in [0.3, 0.4) is 0 Å². The molecule has 1 aliphatic rings. The number of alkyl halides is 3. The first-order valence-corrected chi connectivity index (χ1v) is 12.6. The van der Waals surface area contributed by atoms with Crippen molar-refractivity contribution in [2.75, 3.05) is 13.1 Å². The predicted octanol–water partition coefficient (Wildman–Crippen LogP) is 6.49. The highest BCUT2D eigenvalue weighted by Gasteiger charge is 2.44. The van der Waals surface area contributed by atoms with E-state index in [1.807, 2.05) is 74.5 Å². The highest BCUT2D eigenvalue weighted by Crippen LogP contribution is 2.41. The first-order chi connectivity index (χ1) is 17.9. The van der Waals surface area contributed by atoms with Crippen molar-refractivity contribution in [3.63, 3.8) is 0 Å². The van der Waals surface area contributed by atoms with Crippen molar-refractivity contribution >= 4 is 5.97 Å². The second-order valence-electron chi connectivity index (χ2n) is 10.4. The van der Waals surface area contributed by atoms with Crippen LogP contribution in [0.1, 0.15) is 49.8 Å². The summed E-state index contributed by atoms with van der Waals surface area (Å²) in [6.45, 7) is 5.22. The van der Waals surface area contributed by atoms with Crippen LogP contribution in [0.15, 0.2) is 78.9 Å². The van der Waals surface area contributed by atoms with Crippen LogP contribution >= 0.6 is 0 Å². The summed E-state index contributed by atoms with van der Waals surface area (Å²) in [6, 6.07) is 21.2. The maximum Gasteiger partial charge on any atom is 0.416 e. The molecule has 1 saturated heterocycles. The van der Waals surface area contributed by atoms with E-state index < -0.39 is 34.4 Å². The Morgan fingerprint density at radius 1 is 0.921 bits per heavy atom. The molecular formula is C30H32F3NO4. The standard InChI is InChI=1S/C30H32F3NO4/c1-28(2,34-16-13-25(20-34)38-26-18-23(30(31,32)33)17-24(35)19-26)14-15-29(27(36)37,21-9-5-3-6-10-21)22-11-7-4-8-12-22/h3-12,17-19,25,35H,13-16,20H2,1-2H3,(H,36,37)/t25-/m1/s1. The molecule has 0 radical (unpaired) electrons. The molecule has 5 nitrogen and oxygen atoms in total. The molecule has 0 aromatic heterocycles. The van der Waals surface area contributed by atoms with Gasteiger partial charge in [-0.25, -0.2) is 0 Å². The maximum atomic E-state index is 13.1. The van der Waals surface area contributed by atoms with Crippen LogP contribution < -0.4 is 4.74 Å². The molecule has 0 amide bonds. The van der Waals surface area contributed by atoms with Crippen LogP contribution in [0.2, 0.25) is 0 Å². The van der Waals surface area contributed by atoms with E-state index in [1.54, 1.807) is 0 Å². The Morgan fingerprint density at radius 3 is 2.03 bits per heavy atom. The number of nitrogens with zero attached hydrogens (tertiary/aromatic N) is 1. The number of phenols is 1. The third-order valence-electron chi connectivity index (χ3n) is 7.53. The smallest absolute Gasteiger partial charge is 0.416 e. The topological polar surface area (TPSA) is 70.0 Å². The molecule has 0 spiro atoms. The fourth-order valence-electron chi connectivity index (χ4n) is 5.29. The van der Waals surface area contributed by atoms with Crippen molar-refractivity contribution in [2.24, 2.45) is 0 Å². The lowest BCUT2D eigenvalue weighted by Gasteiger charge is -2.39. The zero-order chi connectivity index (χ0) is 27.6. The number of carboxylic acids is 1. The lowest BCUT2D eigenvalue weighted by molar-refractivity contribution is -0.142. The Bertz CT molecular complexity index is 1210. The molecule has 2 N–H and O–H groups in total. The number of aliphatic carboxylic acids is 1. The number of carboxylic acid groups (broad SMARTS) is 1. The molecule has 1 heterocycles. The van der Waals surface area contributed by atoms with Crippen LogP contribution in [-0.2, 0) is 16.4 Å². The number of rotatable bonds is 9. The molecule has 0 saturated carbocycles. The fourth-order valence-corrected chi connectivity index (χ4v) is 5.29. The summed E-state index contributed by atoms with van der Waals surface area (Å²) >= 11 is 0. The molecule has 3 aromatic rings. The van der Waals surface area contributed by atoms with Crippen molar-refractivity contribution < 1.29 is 32.9 Å². The summed E-state index contributed by atoms with van der Waals surface area (Å²) in [5.41, 5.74) is -1.18. The monoisotopic (exact) mass is 527 g/mol. The average Bonchev–Trinajstić information content (AvgIpc) is 3.34. The molecule has 0 unspecified atom stereocenters. The first kappa shape index (κ1) is 27.5. The molecule has 38 heavy (non-hydrogen) atoms. The highest BCUT2D eigenvalue weighted by molar-refractivity contribution is 5.86. The molecule has 1 aliphatic heterocycles. The lowest BCUT2D eigenvalue weighted by Crippen LogP contribution is -2.46. The van der Waals surface area contributed by atoms with E-state index >= 15 is 0 Å². The Hall–Kier alpha value is -3.52. The summed E-state index contributed by atoms with van der Waals surface area (Å²) in [7, 11) is 0. The molecular weight excluding hydrogens is 495 g/mol. The molecule has 0 aliphatic carbocycles. The molecule has 1 atom stereocenters. The van der Waals surface area contributed by atoms with Gasteiger partial charge in [-0.3, -0.25) is 9.69 Å². The zero-order valence-corrected chi connectivity index (χ0v) is 21.4. The molecule has 202 valence electrons. The zero-order valence-electron chi connectivity index (χ0n) is 21.4. The number of phenolic OH excluding ortho intramolecular Hbond substituents is 1. The van der Waals surface area contributed by atoms with Crippen molar-refractivity contribution in [2.45, 2.75) is 56.3 Å². The largest absolute Gasteiger partial charge is 0.508 e. The number of ether oxygens (including phenoxy) is 1. The van der Waals surface area contributed by atoms with E-state index in [0.29, 0.717) is 49.5 Å². The van der Waals surface area contributed by atoms with Gasteiger partial charge in [-0.1, -0.05) is 60.7 Å². The van der Waals surface area contributed by atoms with Crippen LogP contribution in [0, 0.1) is 0 Å². The molecule has 8 heteroatoms. The number of hydrogen-bond acceptors (Lipinski definition) is 4. The van der Waals surface area contributed by atoms with Gasteiger partial charge in [0.05, 0.1) is 5.56 Å². The normalized spacial score (nSPS) is 16.9. The second-order valence-corrected chi connectivity index (χ2v) is 10.4. The van der Waals surface area contributed by atoms with Gasteiger partial charge >= 0.3 is 12.1 Å². The number of likely N-dealkylation sites (tertiary alicyclic amines) is 1. The summed E-state index contributed by atoms with van der Waals surface area (Å²) in [6.07, 6.45) is -3.44.